The number of benzene rings is 1. The Morgan fingerprint density at radius 3 is 2.33 bits per heavy atom. The minimum absolute atomic E-state index is 0.200. The maximum Gasteiger partial charge on any atom is 0.0352 e. The third kappa shape index (κ3) is 1.60. The van der Waals surface area contributed by atoms with E-state index < -0.39 is 0 Å². The lowest BCUT2D eigenvalue weighted by Gasteiger charge is -2.24. The van der Waals surface area contributed by atoms with Gasteiger partial charge in [0.1, 0.15) is 0 Å². The van der Waals surface area contributed by atoms with Crippen molar-refractivity contribution in [2.24, 2.45) is 0 Å². The molecule has 0 unspecified atom stereocenters. The summed E-state index contributed by atoms with van der Waals surface area (Å²) in [6.07, 6.45) is 1.11. The maximum atomic E-state index is 5.88. The van der Waals surface area contributed by atoms with E-state index in [1.54, 1.807) is 0 Å². The molecule has 0 bridgehead atoms. The van der Waals surface area contributed by atoms with E-state index in [4.69, 9.17) is 5.73 Å². The van der Waals surface area contributed by atoms with Crippen LogP contribution in [-0.4, -0.2) is 0 Å². The summed E-state index contributed by atoms with van der Waals surface area (Å²) in [5.74, 6) is 0. The van der Waals surface area contributed by atoms with Crippen LogP contribution in [0.4, 0.5) is 5.69 Å². The molecule has 12 heavy (non-hydrogen) atoms. The SMILES string of the molecule is CCC(C)(C)c1ccccc1N. The van der Waals surface area contributed by atoms with E-state index in [9.17, 15) is 0 Å². The molecule has 1 rings (SSSR count). The summed E-state index contributed by atoms with van der Waals surface area (Å²) in [5.41, 5.74) is 8.25. The van der Waals surface area contributed by atoms with Crippen molar-refractivity contribution in [1.29, 1.82) is 0 Å². The predicted molar refractivity (Wildman–Crippen MR) is 54.2 cm³/mol. The molecule has 2 N–H and O–H groups in total. The molecule has 0 aromatic heterocycles. The van der Waals surface area contributed by atoms with Crippen molar-refractivity contribution in [2.45, 2.75) is 32.6 Å². The van der Waals surface area contributed by atoms with Crippen LogP contribution in [0, 0.1) is 0 Å². The van der Waals surface area contributed by atoms with Gasteiger partial charge in [-0.3, -0.25) is 0 Å². The fourth-order valence-electron chi connectivity index (χ4n) is 1.30. The number of rotatable bonds is 2. The van der Waals surface area contributed by atoms with E-state index >= 15 is 0 Å². The molecule has 0 aliphatic rings. The molecule has 0 radical (unpaired) electrons. The lowest BCUT2D eigenvalue weighted by atomic mass is 9.81. The summed E-state index contributed by atoms with van der Waals surface area (Å²) in [7, 11) is 0. The molecule has 0 heterocycles. The molecule has 0 atom stereocenters. The van der Waals surface area contributed by atoms with Crippen molar-refractivity contribution in [3.05, 3.63) is 29.8 Å². The number of hydrogen-bond acceptors (Lipinski definition) is 1. The number of nitrogen functional groups attached to an aromatic ring is 1. The van der Waals surface area contributed by atoms with E-state index in [0.29, 0.717) is 0 Å². The molecule has 1 aromatic rings. The van der Waals surface area contributed by atoms with Gasteiger partial charge in [-0.1, -0.05) is 39.0 Å². The Morgan fingerprint density at radius 1 is 1.25 bits per heavy atom. The van der Waals surface area contributed by atoms with Gasteiger partial charge in [0.15, 0.2) is 0 Å². The van der Waals surface area contributed by atoms with Crippen molar-refractivity contribution < 1.29 is 0 Å². The Labute approximate surface area is 74.6 Å². The van der Waals surface area contributed by atoms with E-state index in [-0.39, 0.29) is 5.41 Å². The first-order chi connectivity index (χ1) is 5.58. The molecular weight excluding hydrogens is 146 g/mol. The predicted octanol–water partition coefficient (Wildman–Crippen LogP) is 2.96. The zero-order chi connectivity index (χ0) is 9.19. The third-order valence-corrected chi connectivity index (χ3v) is 2.57. The van der Waals surface area contributed by atoms with Gasteiger partial charge in [0.05, 0.1) is 0 Å². The van der Waals surface area contributed by atoms with Crippen LogP contribution in [0.5, 0.6) is 0 Å². The number of hydrogen-bond donors (Lipinski definition) is 1. The maximum absolute atomic E-state index is 5.88. The van der Waals surface area contributed by atoms with Gasteiger partial charge in [0.2, 0.25) is 0 Å². The van der Waals surface area contributed by atoms with Gasteiger partial charge in [-0.05, 0) is 23.5 Å². The lowest BCUT2D eigenvalue weighted by Crippen LogP contribution is -2.17. The van der Waals surface area contributed by atoms with Gasteiger partial charge >= 0.3 is 0 Å². The fourth-order valence-corrected chi connectivity index (χ4v) is 1.30. The minimum Gasteiger partial charge on any atom is -0.398 e. The van der Waals surface area contributed by atoms with Crippen molar-refractivity contribution in [1.82, 2.24) is 0 Å². The molecule has 0 aliphatic heterocycles. The minimum atomic E-state index is 0.200. The summed E-state index contributed by atoms with van der Waals surface area (Å²) in [6, 6.07) is 8.10. The summed E-state index contributed by atoms with van der Waals surface area (Å²) < 4.78 is 0. The normalized spacial score (nSPS) is 11.6. The zero-order valence-electron chi connectivity index (χ0n) is 8.09. The number of nitrogens with two attached hydrogens (primary N) is 1. The molecule has 0 saturated heterocycles. The van der Waals surface area contributed by atoms with Gasteiger partial charge < -0.3 is 5.73 Å². The second-order valence-corrected chi connectivity index (χ2v) is 3.82. The van der Waals surface area contributed by atoms with Crippen LogP contribution in [0.25, 0.3) is 0 Å². The first-order valence-electron chi connectivity index (χ1n) is 4.43. The Hall–Kier alpha value is -0.980. The van der Waals surface area contributed by atoms with Gasteiger partial charge in [0.25, 0.3) is 0 Å². The van der Waals surface area contributed by atoms with Crippen LogP contribution in [-0.2, 0) is 5.41 Å². The van der Waals surface area contributed by atoms with Crippen molar-refractivity contribution in [2.75, 3.05) is 5.73 Å². The van der Waals surface area contributed by atoms with Crippen LogP contribution >= 0.6 is 0 Å². The highest BCUT2D eigenvalue weighted by Crippen LogP contribution is 2.30. The summed E-state index contributed by atoms with van der Waals surface area (Å²) in [4.78, 5) is 0. The average Bonchev–Trinajstić information content (AvgIpc) is 2.05. The van der Waals surface area contributed by atoms with E-state index in [0.717, 1.165) is 12.1 Å². The highest BCUT2D eigenvalue weighted by atomic mass is 14.6. The van der Waals surface area contributed by atoms with Crippen LogP contribution in [0.15, 0.2) is 24.3 Å². The number of para-hydroxylation sites is 1. The lowest BCUT2D eigenvalue weighted by molar-refractivity contribution is 0.508. The highest BCUT2D eigenvalue weighted by molar-refractivity contribution is 5.50. The summed E-state index contributed by atoms with van der Waals surface area (Å²) in [6.45, 7) is 6.63. The second kappa shape index (κ2) is 3.18. The van der Waals surface area contributed by atoms with Gasteiger partial charge in [-0.25, -0.2) is 0 Å². The number of anilines is 1. The Balaban J connectivity index is 3.10. The molecule has 1 nitrogen and oxygen atoms in total. The van der Waals surface area contributed by atoms with Crippen molar-refractivity contribution in [3.8, 4) is 0 Å². The molecule has 1 aromatic carbocycles. The summed E-state index contributed by atoms with van der Waals surface area (Å²) >= 11 is 0. The quantitative estimate of drug-likeness (QED) is 0.666. The second-order valence-electron chi connectivity index (χ2n) is 3.82. The molecule has 0 fully saturated rings. The zero-order valence-corrected chi connectivity index (χ0v) is 8.09. The molecule has 1 heteroatoms. The van der Waals surface area contributed by atoms with Crippen molar-refractivity contribution >= 4 is 5.69 Å². The van der Waals surface area contributed by atoms with Gasteiger partial charge in [0, 0.05) is 5.69 Å². The summed E-state index contributed by atoms with van der Waals surface area (Å²) in [5, 5.41) is 0. The first kappa shape index (κ1) is 9.11. The molecule has 66 valence electrons. The van der Waals surface area contributed by atoms with E-state index in [2.05, 4.69) is 26.8 Å². The largest absolute Gasteiger partial charge is 0.398 e. The molecule has 0 saturated carbocycles. The van der Waals surface area contributed by atoms with Gasteiger partial charge in [-0.2, -0.15) is 0 Å². The topological polar surface area (TPSA) is 26.0 Å². The Bertz CT molecular complexity index is 263. The highest BCUT2D eigenvalue weighted by Gasteiger charge is 2.19. The average molecular weight is 163 g/mol. The monoisotopic (exact) mass is 163 g/mol. The smallest absolute Gasteiger partial charge is 0.0352 e. The first-order valence-corrected chi connectivity index (χ1v) is 4.43. The fraction of sp³-hybridized carbons (Fsp3) is 0.455. The molecular formula is C11H17N. The van der Waals surface area contributed by atoms with Crippen LogP contribution in [0.2, 0.25) is 0 Å². The van der Waals surface area contributed by atoms with Crippen molar-refractivity contribution in [3.63, 3.8) is 0 Å². The molecule has 0 spiro atoms. The van der Waals surface area contributed by atoms with E-state index in [1.807, 2.05) is 18.2 Å². The third-order valence-electron chi connectivity index (χ3n) is 2.57. The molecule has 0 amide bonds. The van der Waals surface area contributed by atoms with Crippen LogP contribution in [0.3, 0.4) is 0 Å². The van der Waals surface area contributed by atoms with Crippen LogP contribution in [0.1, 0.15) is 32.8 Å². The van der Waals surface area contributed by atoms with E-state index in [1.165, 1.54) is 5.56 Å². The van der Waals surface area contributed by atoms with Crippen LogP contribution < -0.4 is 5.73 Å². The van der Waals surface area contributed by atoms with Gasteiger partial charge in [-0.15, -0.1) is 0 Å². The molecule has 0 aliphatic carbocycles. The standard InChI is InChI=1S/C11H17N/c1-4-11(2,3)9-7-5-6-8-10(9)12/h5-8H,4,12H2,1-3H3. The Morgan fingerprint density at radius 2 is 1.83 bits per heavy atom. The Kier molecular flexibility index (Phi) is 2.41.